The molecule has 0 aromatic heterocycles. The molecule has 110 valence electrons. The van der Waals surface area contributed by atoms with Crippen molar-refractivity contribution in [2.75, 3.05) is 6.61 Å². The molecule has 0 amide bonds. The van der Waals surface area contributed by atoms with Crippen molar-refractivity contribution in [3.05, 3.63) is 61.0 Å². The molecule has 0 aliphatic carbocycles. The Morgan fingerprint density at radius 3 is 2.86 bits per heavy atom. The van der Waals surface area contributed by atoms with Crippen LogP contribution in [-0.4, -0.2) is 6.61 Å². The van der Waals surface area contributed by atoms with E-state index in [2.05, 4.69) is 31.9 Å². The Morgan fingerprint density at radius 1 is 1.24 bits per heavy atom. The molecule has 0 bridgehead atoms. The molecule has 0 radical (unpaired) electrons. The van der Waals surface area contributed by atoms with Crippen LogP contribution in [0.2, 0.25) is 5.02 Å². The molecule has 0 fully saturated rings. The highest BCUT2D eigenvalue weighted by Gasteiger charge is 2.20. The van der Waals surface area contributed by atoms with Gasteiger partial charge >= 0.3 is 0 Å². The first kappa shape index (κ1) is 15.3. The molecule has 0 saturated heterocycles. The summed E-state index contributed by atoms with van der Waals surface area (Å²) in [5, 5.41) is 0.745. The van der Waals surface area contributed by atoms with Gasteiger partial charge in [-0.1, -0.05) is 43.5 Å². The Bertz CT molecular complexity index is 690. The lowest BCUT2D eigenvalue weighted by molar-refractivity contribution is 0.352. The molecule has 1 atom stereocenters. The van der Waals surface area contributed by atoms with Gasteiger partial charge < -0.3 is 10.5 Å². The Labute approximate surface area is 145 Å². The largest absolute Gasteiger partial charge is 0.493 e. The van der Waals surface area contributed by atoms with E-state index >= 15 is 0 Å². The van der Waals surface area contributed by atoms with Gasteiger partial charge in [-0.15, -0.1) is 0 Å². The minimum Gasteiger partial charge on any atom is -0.493 e. The van der Waals surface area contributed by atoms with Crippen LogP contribution in [0.1, 0.15) is 22.7 Å². The summed E-state index contributed by atoms with van der Waals surface area (Å²) in [7, 11) is 0. The summed E-state index contributed by atoms with van der Waals surface area (Å²) in [6.45, 7) is 0.721. The van der Waals surface area contributed by atoms with Crippen molar-refractivity contribution in [2.45, 2.75) is 18.9 Å². The third-order valence-corrected chi connectivity index (χ3v) is 5.06. The fourth-order valence-corrected chi connectivity index (χ4v) is 3.83. The van der Waals surface area contributed by atoms with E-state index in [4.69, 9.17) is 22.1 Å². The van der Waals surface area contributed by atoms with Crippen LogP contribution in [0.3, 0.4) is 0 Å². The van der Waals surface area contributed by atoms with Crippen molar-refractivity contribution in [2.24, 2.45) is 5.73 Å². The summed E-state index contributed by atoms with van der Waals surface area (Å²) in [6.07, 6.45) is 1.61. The normalized spacial score (nSPS) is 14.7. The van der Waals surface area contributed by atoms with E-state index in [1.807, 2.05) is 30.3 Å². The molecule has 2 aromatic carbocycles. The van der Waals surface area contributed by atoms with Gasteiger partial charge in [-0.05, 0) is 53.4 Å². The highest BCUT2D eigenvalue weighted by Crippen LogP contribution is 2.36. The number of fused-ring (bicyclic) bond motifs is 1. The van der Waals surface area contributed by atoms with Crippen molar-refractivity contribution in [1.82, 2.24) is 0 Å². The van der Waals surface area contributed by atoms with Crippen molar-refractivity contribution in [3.8, 4) is 5.75 Å². The zero-order chi connectivity index (χ0) is 15.0. The van der Waals surface area contributed by atoms with Crippen LogP contribution in [0.15, 0.2) is 39.3 Å². The molecule has 3 rings (SSSR count). The fourth-order valence-electron chi connectivity index (χ4n) is 2.64. The monoisotopic (exact) mass is 429 g/mol. The molecule has 1 heterocycles. The maximum atomic E-state index is 6.39. The first-order valence-corrected chi connectivity index (χ1v) is 8.65. The number of rotatable bonds is 3. The predicted molar refractivity (Wildman–Crippen MR) is 93.1 cm³/mol. The van der Waals surface area contributed by atoms with Crippen LogP contribution in [0.25, 0.3) is 0 Å². The van der Waals surface area contributed by atoms with E-state index in [9.17, 15) is 0 Å². The van der Waals surface area contributed by atoms with Crippen LogP contribution in [0.4, 0.5) is 0 Å². The molecule has 2 N–H and O–H groups in total. The van der Waals surface area contributed by atoms with Gasteiger partial charge in [0.2, 0.25) is 0 Å². The van der Waals surface area contributed by atoms with Crippen LogP contribution in [-0.2, 0) is 12.8 Å². The second kappa shape index (κ2) is 6.29. The molecule has 0 saturated carbocycles. The second-order valence-electron chi connectivity index (χ2n) is 5.13. The van der Waals surface area contributed by atoms with E-state index in [0.29, 0.717) is 6.42 Å². The zero-order valence-corrected chi connectivity index (χ0v) is 15.1. The summed E-state index contributed by atoms with van der Waals surface area (Å²) < 4.78 is 7.77. The number of hydrogen-bond acceptors (Lipinski definition) is 2. The maximum Gasteiger partial charge on any atom is 0.125 e. The topological polar surface area (TPSA) is 35.2 Å². The first-order valence-electron chi connectivity index (χ1n) is 6.69. The van der Waals surface area contributed by atoms with Crippen molar-refractivity contribution in [1.29, 1.82) is 0 Å². The van der Waals surface area contributed by atoms with E-state index in [1.165, 1.54) is 5.56 Å². The number of halogens is 3. The fraction of sp³-hybridized carbons (Fsp3) is 0.250. The minimum atomic E-state index is -0.122. The summed E-state index contributed by atoms with van der Waals surface area (Å²) >= 11 is 13.3. The molecule has 1 unspecified atom stereocenters. The number of ether oxygens (including phenoxy) is 1. The summed E-state index contributed by atoms with van der Waals surface area (Å²) in [6, 6.07) is 9.84. The van der Waals surface area contributed by atoms with Gasteiger partial charge in [0, 0.05) is 26.4 Å². The standard InChI is InChI=1S/C16H14Br2ClNO/c17-11-1-2-14(18)13(8-11)15(20)7-10-6-12(19)5-9-3-4-21-16(9)10/h1-2,5-6,8,15H,3-4,7,20H2. The lowest BCUT2D eigenvalue weighted by Gasteiger charge is -2.16. The Balaban J connectivity index is 1.92. The van der Waals surface area contributed by atoms with Gasteiger partial charge in [-0.25, -0.2) is 0 Å². The third-order valence-electron chi connectivity index (χ3n) is 3.62. The zero-order valence-electron chi connectivity index (χ0n) is 11.2. The van der Waals surface area contributed by atoms with E-state index < -0.39 is 0 Å². The van der Waals surface area contributed by atoms with Crippen LogP contribution < -0.4 is 10.5 Å². The van der Waals surface area contributed by atoms with E-state index in [1.54, 1.807) is 0 Å². The molecular weight excluding hydrogens is 417 g/mol. The average Bonchev–Trinajstić information content (AvgIpc) is 2.89. The van der Waals surface area contributed by atoms with Crippen molar-refractivity contribution in [3.63, 3.8) is 0 Å². The second-order valence-corrected chi connectivity index (χ2v) is 7.33. The third kappa shape index (κ3) is 3.29. The highest BCUT2D eigenvalue weighted by molar-refractivity contribution is 9.11. The molecule has 1 aliphatic rings. The molecule has 1 aliphatic heterocycles. The summed E-state index contributed by atoms with van der Waals surface area (Å²) in [5.41, 5.74) is 9.71. The van der Waals surface area contributed by atoms with Gasteiger partial charge in [0.15, 0.2) is 0 Å². The van der Waals surface area contributed by atoms with E-state index in [-0.39, 0.29) is 6.04 Å². The molecule has 5 heteroatoms. The maximum absolute atomic E-state index is 6.39. The summed E-state index contributed by atoms with van der Waals surface area (Å²) in [5.74, 6) is 0.959. The molecule has 2 nitrogen and oxygen atoms in total. The molecular formula is C16H14Br2ClNO. The van der Waals surface area contributed by atoms with Crippen molar-refractivity contribution >= 4 is 43.5 Å². The lowest BCUT2D eigenvalue weighted by Crippen LogP contribution is -2.14. The predicted octanol–water partition coefficient (Wildman–Crippen LogP) is 5.04. The Kier molecular flexibility index (Phi) is 4.60. The van der Waals surface area contributed by atoms with Gasteiger partial charge in [-0.3, -0.25) is 0 Å². The molecule has 0 spiro atoms. The molecule has 2 aromatic rings. The Hall–Kier alpha value is -0.550. The van der Waals surface area contributed by atoms with Crippen molar-refractivity contribution < 1.29 is 4.74 Å². The number of hydrogen-bond donors (Lipinski definition) is 1. The van der Waals surface area contributed by atoms with Crippen LogP contribution >= 0.6 is 43.5 Å². The molecule has 21 heavy (non-hydrogen) atoms. The SMILES string of the molecule is NC(Cc1cc(Cl)cc2c1OCC2)c1cc(Br)ccc1Br. The van der Waals surface area contributed by atoms with Gasteiger partial charge in [0.1, 0.15) is 5.75 Å². The quantitative estimate of drug-likeness (QED) is 0.739. The highest BCUT2D eigenvalue weighted by atomic mass is 79.9. The number of benzene rings is 2. The van der Waals surface area contributed by atoms with Crippen LogP contribution in [0, 0.1) is 0 Å². The average molecular weight is 432 g/mol. The first-order chi connectivity index (χ1) is 10.0. The Morgan fingerprint density at radius 2 is 2.05 bits per heavy atom. The van der Waals surface area contributed by atoms with Crippen LogP contribution in [0.5, 0.6) is 5.75 Å². The van der Waals surface area contributed by atoms with Gasteiger partial charge in [0.05, 0.1) is 6.61 Å². The summed E-state index contributed by atoms with van der Waals surface area (Å²) in [4.78, 5) is 0. The van der Waals surface area contributed by atoms with E-state index in [0.717, 1.165) is 43.9 Å². The van der Waals surface area contributed by atoms with Gasteiger partial charge in [0.25, 0.3) is 0 Å². The van der Waals surface area contributed by atoms with Gasteiger partial charge in [-0.2, -0.15) is 0 Å². The lowest BCUT2D eigenvalue weighted by atomic mass is 9.97. The smallest absolute Gasteiger partial charge is 0.125 e. The number of nitrogens with two attached hydrogens (primary N) is 1. The minimum absolute atomic E-state index is 0.122.